The van der Waals surface area contributed by atoms with Gasteiger partial charge in [-0.25, -0.2) is 4.99 Å². The molecular weight excluding hydrogens is 547 g/mol. The van der Waals surface area contributed by atoms with Crippen LogP contribution in [0.4, 0.5) is 18.9 Å². The smallest absolute Gasteiger partial charge is 0.389 e. The topological polar surface area (TPSA) is 158 Å². The van der Waals surface area contributed by atoms with Crippen molar-refractivity contribution in [1.29, 1.82) is 0 Å². The summed E-state index contributed by atoms with van der Waals surface area (Å²) in [6.07, 6.45) is -7.21. The van der Waals surface area contributed by atoms with Gasteiger partial charge in [0.25, 0.3) is 5.91 Å². The van der Waals surface area contributed by atoms with Gasteiger partial charge in [-0.3, -0.25) is 14.4 Å². The zero-order valence-corrected chi connectivity index (χ0v) is 21.5. The van der Waals surface area contributed by atoms with E-state index in [1.165, 1.54) is 6.92 Å². The molecule has 0 radical (unpaired) electrons. The van der Waals surface area contributed by atoms with Crippen LogP contribution in [0.5, 0.6) is 11.5 Å². The van der Waals surface area contributed by atoms with Crippen molar-refractivity contribution >= 4 is 29.1 Å². The minimum Gasteiger partial charge on any atom is -0.454 e. The maximum atomic E-state index is 13.7. The van der Waals surface area contributed by atoms with Gasteiger partial charge in [-0.2, -0.15) is 13.2 Å². The summed E-state index contributed by atoms with van der Waals surface area (Å²) in [5, 5.41) is 8.90. The molecule has 3 amide bonds. The first-order valence-corrected chi connectivity index (χ1v) is 12.5. The summed E-state index contributed by atoms with van der Waals surface area (Å²) >= 11 is 0. The number of aromatic nitrogens is 1. The fourth-order valence-corrected chi connectivity index (χ4v) is 4.78. The number of aryl methyl sites for hydroxylation is 1. The van der Waals surface area contributed by atoms with Crippen LogP contribution in [-0.4, -0.2) is 47.7 Å². The van der Waals surface area contributed by atoms with Gasteiger partial charge in [-0.1, -0.05) is 35.5 Å². The molecule has 0 aliphatic carbocycles. The van der Waals surface area contributed by atoms with Gasteiger partial charge < -0.3 is 30.4 Å². The first-order valence-electron chi connectivity index (χ1n) is 12.5. The minimum atomic E-state index is -4.60. The summed E-state index contributed by atoms with van der Waals surface area (Å²) in [5.41, 5.74) is 7.46. The zero-order chi connectivity index (χ0) is 29.3. The Bertz CT molecular complexity index is 1520. The van der Waals surface area contributed by atoms with Crippen molar-refractivity contribution in [2.24, 2.45) is 16.6 Å². The van der Waals surface area contributed by atoms with E-state index >= 15 is 0 Å². The maximum Gasteiger partial charge on any atom is 0.389 e. The van der Waals surface area contributed by atoms with Gasteiger partial charge in [0.05, 0.1) is 28.9 Å². The van der Waals surface area contributed by atoms with E-state index in [1.54, 1.807) is 42.5 Å². The van der Waals surface area contributed by atoms with Crippen molar-refractivity contribution in [3.63, 3.8) is 0 Å². The Morgan fingerprint density at radius 3 is 2.51 bits per heavy atom. The molecule has 3 atom stereocenters. The third kappa shape index (κ3) is 5.85. The molecule has 0 fully saturated rings. The summed E-state index contributed by atoms with van der Waals surface area (Å²) in [4.78, 5) is 44.0. The summed E-state index contributed by atoms with van der Waals surface area (Å²) < 4.78 is 55.1. The van der Waals surface area contributed by atoms with Crippen LogP contribution in [0.25, 0.3) is 0 Å². The Morgan fingerprint density at radius 2 is 1.88 bits per heavy atom. The molecule has 0 saturated heterocycles. The van der Waals surface area contributed by atoms with E-state index in [0.29, 0.717) is 34.0 Å². The van der Waals surface area contributed by atoms with E-state index in [4.69, 9.17) is 19.7 Å². The third-order valence-corrected chi connectivity index (χ3v) is 6.77. The first kappa shape index (κ1) is 27.7. The van der Waals surface area contributed by atoms with E-state index < -0.39 is 54.7 Å². The number of hydrogen-bond acceptors (Lipinski definition) is 8. The maximum absolute atomic E-state index is 13.7. The highest BCUT2D eigenvalue weighted by Gasteiger charge is 2.41. The van der Waals surface area contributed by atoms with Gasteiger partial charge in [0.15, 0.2) is 11.5 Å². The van der Waals surface area contributed by atoms with Crippen LogP contribution in [0.3, 0.4) is 0 Å². The number of halogens is 3. The number of nitrogens with zero attached hydrogens (tertiary/aromatic N) is 2. The standard InChI is InChI=1S/C27H24F3N5O6/c1-13-17(11-41-35-13)21(15(23(31)36)7-8-27(28,29)30)25(37)34-24-26(38)32-18-10-20-19(39-12-40-20)9-16(18)22(33-24)14-5-3-2-4-6-14/h2-6,9-11,15,21,24H,7-8,12H2,1H3,(H2,31,36)(H,32,38)(H,34,37)/t15-,21-,24-/m1/s1. The van der Waals surface area contributed by atoms with Gasteiger partial charge >= 0.3 is 6.18 Å². The van der Waals surface area contributed by atoms with Crippen molar-refractivity contribution in [3.8, 4) is 11.5 Å². The summed E-state index contributed by atoms with van der Waals surface area (Å²) in [7, 11) is 0. The molecular formula is C27H24F3N5O6. The number of carbonyl (C=O) groups is 3. The predicted octanol–water partition coefficient (Wildman–Crippen LogP) is 3.17. The van der Waals surface area contributed by atoms with Crippen molar-refractivity contribution < 1.29 is 41.6 Å². The molecule has 5 rings (SSSR count). The second-order valence-corrected chi connectivity index (χ2v) is 9.49. The van der Waals surface area contributed by atoms with Crippen LogP contribution in [0.15, 0.2) is 58.2 Å². The Morgan fingerprint density at radius 1 is 1.17 bits per heavy atom. The molecule has 3 aromatic rings. The lowest BCUT2D eigenvalue weighted by molar-refractivity contribution is -0.143. The quantitative estimate of drug-likeness (QED) is 0.375. The summed E-state index contributed by atoms with van der Waals surface area (Å²) in [6.45, 7) is 1.46. The number of primary amides is 1. The lowest BCUT2D eigenvalue weighted by atomic mass is 9.82. The molecule has 0 bridgehead atoms. The highest BCUT2D eigenvalue weighted by atomic mass is 19.4. The number of fused-ring (bicyclic) bond motifs is 2. The molecule has 2 aliphatic rings. The molecule has 2 aliphatic heterocycles. The third-order valence-electron chi connectivity index (χ3n) is 6.77. The number of hydrogen-bond donors (Lipinski definition) is 3. The largest absolute Gasteiger partial charge is 0.454 e. The van der Waals surface area contributed by atoms with Crippen LogP contribution >= 0.6 is 0 Å². The van der Waals surface area contributed by atoms with Crippen LogP contribution in [0.2, 0.25) is 0 Å². The van der Waals surface area contributed by atoms with Crippen molar-refractivity contribution in [3.05, 3.63) is 71.1 Å². The molecule has 0 saturated carbocycles. The van der Waals surface area contributed by atoms with Crippen LogP contribution in [-0.2, 0) is 14.4 Å². The Kier molecular flexibility index (Phi) is 7.39. The summed E-state index contributed by atoms with van der Waals surface area (Å²) in [5.74, 6) is -5.13. The minimum absolute atomic E-state index is 0.00170. The van der Waals surface area contributed by atoms with Gasteiger partial charge in [-0.05, 0) is 19.4 Å². The molecule has 41 heavy (non-hydrogen) atoms. The molecule has 1 aromatic heterocycles. The fraction of sp³-hybridized carbons (Fsp3) is 0.296. The predicted molar refractivity (Wildman–Crippen MR) is 137 cm³/mol. The number of aliphatic imine (C=N–C) groups is 1. The van der Waals surface area contributed by atoms with Crippen LogP contribution < -0.4 is 25.8 Å². The number of anilines is 1. The lowest BCUT2D eigenvalue weighted by Crippen LogP contribution is -2.47. The van der Waals surface area contributed by atoms with E-state index in [1.807, 2.05) is 0 Å². The molecule has 14 heteroatoms. The Balaban J connectivity index is 1.53. The molecule has 4 N–H and O–H groups in total. The average Bonchev–Trinajstić information content (AvgIpc) is 3.53. The number of alkyl halides is 3. The number of rotatable bonds is 8. The molecule has 2 aromatic carbocycles. The lowest BCUT2D eigenvalue weighted by Gasteiger charge is -2.25. The van der Waals surface area contributed by atoms with Gasteiger partial charge in [0, 0.05) is 29.2 Å². The number of amides is 3. The molecule has 214 valence electrons. The van der Waals surface area contributed by atoms with Crippen LogP contribution in [0, 0.1) is 12.8 Å². The second-order valence-electron chi connectivity index (χ2n) is 9.49. The summed E-state index contributed by atoms with van der Waals surface area (Å²) in [6, 6.07) is 12.1. The van der Waals surface area contributed by atoms with Crippen molar-refractivity contribution in [2.75, 3.05) is 12.1 Å². The Labute approximate surface area is 230 Å². The van der Waals surface area contributed by atoms with Gasteiger partial charge in [0.2, 0.25) is 24.8 Å². The molecule has 0 spiro atoms. The number of nitrogens with two attached hydrogens (primary N) is 1. The number of carbonyl (C=O) groups excluding carboxylic acids is 3. The average molecular weight is 572 g/mol. The number of benzene rings is 2. The second kappa shape index (κ2) is 10.9. The van der Waals surface area contributed by atoms with Crippen molar-refractivity contribution in [2.45, 2.75) is 38.0 Å². The van der Waals surface area contributed by atoms with E-state index in [9.17, 15) is 27.6 Å². The number of nitrogens with one attached hydrogen (secondary N) is 2. The first-order chi connectivity index (χ1) is 19.5. The van der Waals surface area contributed by atoms with E-state index in [-0.39, 0.29) is 18.1 Å². The van der Waals surface area contributed by atoms with Gasteiger partial charge in [0.1, 0.15) is 6.26 Å². The van der Waals surface area contributed by atoms with E-state index in [0.717, 1.165) is 6.26 Å². The highest BCUT2D eigenvalue weighted by molar-refractivity contribution is 6.20. The molecule has 0 unspecified atom stereocenters. The monoisotopic (exact) mass is 571 g/mol. The Hall–Kier alpha value is -4.88. The van der Waals surface area contributed by atoms with Crippen LogP contribution in [0.1, 0.15) is 41.1 Å². The number of ether oxygens (including phenoxy) is 2. The fourth-order valence-electron chi connectivity index (χ4n) is 4.78. The van der Waals surface area contributed by atoms with E-state index in [2.05, 4.69) is 20.8 Å². The SMILES string of the molecule is Cc1nocc1[C@H](C(=O)N[C@H]1N=C(c2ccccc2)c2cc3c(cc2NC1=O)OCO3)[C@@H](CCC(F)(F)F)C(N)=O. The normalized spacial score (nSPS) is 17.5. The van der Waals surface area contributed by atoms with Crippen molar-refractivity contribution in [1.82, 2.24) is 10.5 Å². The molecule has 3 heterocycles. The zero-order valence-electron chi connectivity index (χ0n) is 21.5. The molecule has 11 nitrogen and oxygen atoms in total. The van der Waals surface area contributed by atoms with Gasteiger partial charge in [-0.15, -0.1) is 0 Å². The highest BCUT2D eigenvalue weighted by Crippen LogP contribution is 2.39.